The van der Waals surface area contributed by atoms with Crippen LogP contribution in [0.25, 0.3) is 0 Å². The molecule has 26 heavy (non-hydrogen) atoms. The van der Waals surface area contributed by atoms with E-state index in [4.69, 9.17) is 9.47 Å². The second-order valence-electron chi connectivity index (χ2n) is 6.24. The third-order valence-electron chi connectivity index (χ3n) is 4.35. The summed E-state index contributed by atoms with van der Waals surface area (Å²) >= 11 is 0. The van der Waals surface area contributed by atoms with E-state index in [0.717, 1.165) is 6.42 Å². The molecule has 1 fully saturated rings. The smallest absolute Gasteiger partial charge is 0.243 e. The molecule has 1 N–H and O–H groups in total. The number of amides is 1. The largest absolute Gasteiger partial charge is 0.494 e. The molecule has 0 aliphatic carbocycles. The normalized spacial score (nSPS) is 18.5. The Balaban J connectivity index is 1.99. The molecule has 1 aromatic rings. The average molecular weight is 384 g/mol. The Hall–Kier alpha value is -1.64. The predicted octanol–water partition coefficient (Wildman–Crippen LogP) is 1.64. The lowest BCUT2D eigenvalue weighted by Gasteiger charge is -2.31. The van der Waals surface area contributed by atoms with E-state index >= 15 is 0 Å². The maximum absolute atomic E-state index is 12.9. The Labute approximate surface area is 155 Å². The topological polar surface area (TPSA) is 84.9 Å². The third-order valence-corrected chi connectivity index (χ3v) is 6.23. The van der Waals surface area contributed by atoms with Crippen molar-refractivity contribution in [3.05, 3.63) is 24.3 Å². The van der Waals surface area contributed by atoms with Crippen LogP contribution in [0.15, 0.2) is 29.2 Å². The van der Waals surface area contributed by atoms with Crippen molar-refractivity contribution in [1.29, 1.82) is 0 Å². The first-order valence-electron chi connectivity index (χ1n) is 8.98. The fraction of sp³-hybridized carbons (Fsp3) is 0.611. The molecule has 2 rings (SSSR count). The van der Waals surface area contributed by atoms with Crippen molar-refractivity contribution in [1.82, 2.24) is 9.62 Å². The van der Waals surface area contributed by atoms with Gasteiger partial charge in [0.25, 0.3) is 0 Å². The highest BCUT2D eigenvalue weighted by atomic mass is 32.2. The van der Waals surface area contributed by atoms with E-state index < -0.39 is 10.0 Å². The minimum atomic E-state index is -3.61. The summed E-state index contributed by atoms with van der Waals surface area (Å²) in [4.78, 5) is 12.5. The first-order chi connectivity index (χ1) is 12.5. The minimum absolute atomic E-state index is 0.0901. The summed E-state index contributed by atoms with van der Waals surface area (Å²) in [5, 5.41) is 2.86. The Morgan fingerprint density at radius 2 is 2.04 bits per heavy atom. The van der Waals surface area contributed by atoms with Gasteiger partial charge in [-0.1, -0.05) is 0 Å². The number of methoxy groups -OCH3 is 1. The highest BCUT2D eigenvalue weighted by Gasteiger charge is 2.33. The molecule has 7 nitrogen and oxygen atoms in total. The van der Waals surface area contributed by atoms with Gasteiger partial charge in [0.15, 0.2) is 0 Å². The molecule has 1 atom stereocenters. The minimum Gasteiger partial charge on any atom is -0.494 e. The summed E-state index contributed by atoms with van der Waals surface area (Å²) in [6.07, 6.45) is 2.11. The van der Waals surface area contributed by atoms with Crippen molar-refractivity contribution in [2.75, 3.05) is 40.0 Å². The number of ether oxygens (including phenoxy) is 2. The molecule has 1 amide bonds. The van der Waals surface area contributed by atoms with Gasteiger partial charge < -0.3 is 14.8 Å². The number of sulfonamides is 1. The number of hydrogen-bond donors (Lipinski definition) is 1. The molecule has 1 aliphatic rings. The van der Waals surface area contributed by atoms with E-state index in [9.17, 15) is 13.2 Å². The van der Waals surface area contributed by atoms with Crippen LogP contribution in [0.5, 0.6) is 5.75 Å². The molecule has 8 heteroatoms. The number of rotatable bonds is 9. The number of nitrogens with zero attached hydrogens (tertiary/aromatic N) is 1. The zero-order valence-corrected chi connectivity index (χ0v) is 16.3. The maximum atomic E-state index is 12.9. The molecule has 1 aliphatic heterocycles. The maximum Gasteiger partial charge on any atom is 0.243 e. The zero-order valence-electron chi connectivity index (χ0n) is 15.4. The number of piperidine rings is 1. The Bertz CT molecular complexity index is 675. The molecule has 1 aromatic carbocycles. The molecule has 0 spiro atoms. The van der Waals surface area contributed by atoms with E-state index in [1.165, 1.54) is 4.31 Å². The van der Waals surface area contributed by atoms with Crippen molar-refractivity contribution in [2.24, 2.45) is 5.92 Å². The van der Waals surface area contributed by atoms with Gasteiger partial charge in [-0.15, -0.1) is 0 Å². The molecule has 0 saturated carbocycles. The monoisotopic (exact) mass is 384 g/mol. The fourth-order valence-corrected chi connectivity index (χ4v) is 4.49. The number of carbonyl (C=O) groups excluding carboxylic acids is 1. The Morgan fingerprint density at radius 3 is 2.69 bits per heavy atom. The van der Waals surface area contributed by atoms with E-state index in [1.807, 2.05) is 6.92 Å². The molecular formula is C18H28N2O5S. The molecule has 146 valence electrons. The number of nitrogens with one attached hydrogen (secondary N) is 1. The van der Waals surface area contributed by atoms with E-state index in [1.54, 1.807) is 31.4 Å². The molecule has 0 aromatic heterocycles. The van der Waals surface area contributed by atoms with Crippen LogP contribution in [0.3, 0.4) is 0 Å². The van der Waals surface area contributed by atoms with E-state index in [2.05, 4.69) is 5.32 Å². The average Bonchev–Trinajstić information content (AvgIpc) is 2.66. The summed E-state index contributed by atoms with van der Waals surface area (Å²) in [5.41, 5.74) is 0. The summed E-state index contributed by atoms with van der Waals surface area (Å²) in [5.74, 6) is 0.231. The van der Waals surface area contributed by atoms with Crippen LogP contribution in [0.2, 0.25) is 0 Å². The molecular weight excluding hydrogens is 356 g/mol. The van der Waals surface area contributed by atoms with E-state index in [0.29, 0.717) is 44.9 Å². The summed E-state index contributed by atoms with van der Waals surface area (Å²) in [7, 11) is -1.99. The van der Waals surface area contributed by atoms with Crippen molar-refractivity contribution in [3.8, 4) is 5.75 Å². The van der Waals surface area contributed by atoms with Crippen LogP contribution < -0.4 is 10.1 Å². The first-order valence-corrected chi connectivity index (χ1v) is 10.4. The van der Waals surface area contributed by atoms with E-state index in [-0.39, 0.29) is 23.3 Å². The predicted molar refractivity (Wildman–Crippen MR) is 98.6 cm³/mol. The number of hydrogen-bond acceptors (Lipinski definition) is 5. The Kier molecular flexibility index (Phi) is 7.86. The van der Waals surface area contributed by atoms with Gasteiger partial charge >= 0.3 is 0 Å². The second-order valence-corrected chi connectivity index (χ2v) is 8.18. The third kappa shape index (κ3) is 5.43. The van der Waals surface area contributed by atoms with Crippen LogP contribution in [-0.2, 0) is 19.6 Å². The quantitative estimate of drug-likeness (QED) is 0.654. The highest BCUT2D eigenvalue weighted by Crippen LogP contribution is 2.25. The van der Waals surface area contributed by atoms with Crippen LogP contribution in [0.1, 0.15) is 26.2 Å². The summed E-state index contributed by atoms with van der Waals surface area (Å²) < 4.78 is 37.4. The van der Waals surface area contributed by atoms with Crippen LogP contribution >= 0.6 is 0 Å². The van der Waals surface area contributed by atoms with Gasteiger partial charge in [0, 0.05) is 33.4 Å². The lowest BCUT2D eigenvalue weighted by Crippen LogP contribution is -2.45. The second kappa shape index (κ2) is 9.89. The van der Waals surface area contributed by atoms with Crippen molar-refractivity contribution in [2.45, 2.75) is 31.1 Å². The molecule has 0 unspecified atom stereocenters. The van der Waals surface area contributed by atoms with Gasteiger partial charge in [-0.2, -0.15) is 4.31 Å². The fourth-order valence-electron chi connectivity index (χ4n) is 2.97. The Morgan fingerprint density at radius 1 is 1.31 bits per heavy atom. The molecule has 1 heterocycles. The molecule has 0 bridgehead atoms. The zero-order chi connectivity index (χ0) is 19.0. The standard InChI is InChI=1S/C18H28N2O5S/c1-3-25-16-7-9-17(10-8-16)26(22,23)20-12-4-6-15(14-20)18(21)19-11-5-13-24-2/h7-10,15H,3-6,11-14H2,1-2H3,(H,19,21)/t15-/m0/s1. The van der Waals surface area contributed by atoms with Crippen molar-refractivity contribution >= 4 is 15.9 Å². The van der Waals surface area contributed by atoms with Crippen molar-refractivity contribution < 1.29 is 22.7 Å². The number of carbonyl (C=O) groups is 1. The highest BCUT2D eigenvalue weighted by molar-refractivity contribution is 7.89. The van der Waals surface area contributed by atoms with Crippen molar-refractivity contribution in [3.63, 3.8) is 0 Å². The lowest BCUT2D eigenvalue weighted by molar-refractivity contribution is -0.126. The van der Waals surface area contributed by atoms with Gasteiger partial charge in [-0.05, 0) is 50.5 Å². The van der Waals surface area contributed by atoms with Gasteiger partial charge in [0.05, 0.1) is 17.4 Å². The first kappa shape index (κ1) is 20.7. The van der Waals surface area contributed by atoms with Crippen LogP contribution in [0, 0.1) is 5.92 Å². The van der Waals surface area contributed by atoms with Crippen LogP contribution in [-0.4, -0.2) is 58.6 Å². The molecule has 1 saturated heterocycles. The van der Waals surface area contributed by atoms with Crippen LogP contribution in [0.4, 0.5) is 0 Å². The molecule has 0 radical (unpaired) electrons. The summed E-state index contributed by atoms with van der Waals surface area (Å²) in [6, 6.07) is 6.41. The lowest BCUT2D eigenvalue weighted by atomic mass is 9.99. The number of benzene rings is 1. The van der Waals surface area contributed by atoms with Gasteiger partial charge in [0.2, 0.25) is 15.9 Å². The SMILES string of the molecule is CCOc1ccc(S(=O)(=O)N2CCC[C@H](C(=O)NCCCOC)C2)cc1. The van der Waals surface area contributed by atoms with Gasteiger partial charge in [-0.25, -0.2) is 8.42 Å². The summed E-state index contributed by atoms with van der Waals surface area (Å²) in [6.45, 7) is 4.17. The van der Waals surface area contributed by atoms with Gasteiger partial charge in [0.1, 0.15) is 5.75 Å². The van der Waals surface area contributed by atoms with Gasteiger partial charge in [-0.3, -0.25) is 4.79 Å².